The molecular weight excluding hydrogens is 408 g/mol. The van der Waals surface area contributed by atoms with E-state index in [0.717, 1.165) is 19.3 Å². The Hall–Kier alpha value is -1.97. The number of amides is 1. The summed E-state index contributed by atoms with van der Waals surface area (Å²) in [7, 11) is -3.73. The molecule has 2 aliphatic heterocycles. The molecule has 2 saturated heterocycles. The Kier molecular flexibility index (Phi) is 7.15. The van der Waals surface area contributed by atoms with Gasteiger partial charge in [-0.05, 0) is 57.7 Å². The summed E-state index contributed by atoms with van der Waals surface area (Å²) < 4.78 is 37.6. The number of rotatable bonds is 5. The standard InChI is InChI=1S/C21H30N2O6S/c1-15-7-8-18(30(26,27)22-9-11-28-12-10-22)13-19(15)21(25)29-14-20(24)23-16(2)5-4-6-17(23)3/h7-8,13,16-17H,4-6,9-12,14H2,1-3H3. The number of piperidine rings is 1. The zero-order valence-corrected chi connectivity index (χ0v) is 18.6. The van der Waals surface area contributed by atoms with Crippen LogP contribution in [0.4, 0.5) is 0 Å². The van der Waals surface area contributed by atoms with Crippen molar-refractivity contribution in [3.05, 3.63) is 29.3 Å². The molecule has 0 radical (unpaired) electrons. The number of benzene rings is 1. The van der Waals surface area contributed by atoms with Gasteiger partial charge in [-0.3, -0.25) is 4.79 Å². The van der Waals surface area contributed by atoms with Crippen molar-refractivity contribution < 1.29 is 27.5 Å². The zero-order chi connectivity index (χ0) is 21.9. The van der Waals surface area contributed by atoms with Gasteiger partial charge in [0.1, 0.15) is 0 Å². The summed E-state index contributed by atoms with van der Waals surface area (Å²) in [5.74, 6) is -0.921. The molecule has 8 nitrogen and oxygen atoms in total. The van der Waals surface area contributed by atoms with Gasteiger partial charge in [0.25, 0.3) is 5.91 Å². The van der Waals surface area contributed by atoms with Crippen molar-refractivity contribution in [1.29, 1.82) is 0 Å². The average molecular weight is 439 g/mol. The first-order valence-corrected chi connectivity index (χ1v) is 11.8. The van der Waals surface area contributed by atoms with Crippen LogP contribution in [0.15, 0.2) is 23.1 Å². The third-order valence-electron chi connectivity index (χ3n) is 5.85. The van der Waals surface area contributed by atoms with Gasteiger partial charge in [0.2, 0.25) is 10.0 Å². The van der Waals surface area contributed by atoms with Gasteiger partial charge in [0, 0.05) is 25.2 Å². The molecule has 9 heteroatoms. The zero-order valence-electron chi connectivity index (χ0n) is 17.8. The quantitative estimate of drug-likeness (QED) is 0.653. The maximum Gasteiger partial charge on any atom is 0.338 e. The number of morpholine rings is 1. The van der Waals surface area contributed by atoms with Gasteiger partial charge in [-0.25, -0.2) is 13.2 Å². The highest BCUT2D eigenvalue weighted by Gasteiger charge is 2.30. The second kappa shape index (κ2) is 9.45. The lowest BCUT2D eigenvalue weighted by atomic mass is 9.97. The molecule has 1 amide bonds. The minimum atomic E-state index is -3.73. The number of hydrogen-bond acceptors (Lipinski definition) is 6. The number of sulfonamides is 1. The minimum Gasteiger partial charge on any atom is -0.452 e. The van der Waals surface area contributed by atoms with E-state index < -0.39 is 16.0 Å². The van der Waals surface area contributed by atoms with E-state index in [0.29, 0.717) is 18.8 Å². The lowest BCUT2D eigenvalue weighted by molar-refractivity contribution is -0.140. The number of esters is 1. The third kappa shape index (κ3) is 4.84. The number of ether oxygens (including phenoxy) is 2. The van der Waals surface area contributed by atoms with Crippen LogP contribution < -0.4 is 0 Å². The first kappa shape index (κ1) is 22.7. The second-order valence-corrected chi connectivity index (χ2v) is 9.94. The lowest BCUT2D eigenvalue weighted by Gasteiger charge is -2.38. The van der Waals surface area contributed by atoms with E-state index in [4.69, 9.17) is 9.47 Å². The molecule has 166 valence electrons. The van der Waals surface area contributed by atoms with Crippen molar-refractivity contribution in [3.63, 3.8) is 0 Å². The molecule has 2 heterocycles. The highest BCUT2D eigenvalue weighted by Crippen LogP contribution is 2.24. The number of aryl methyl sites for hydroxylation is 1. The largest absolute Gasteiger partial charge is 0.452 e. The molecule has 0 aliphatic carbocycles. The van der Waals surface area contributed by atoms with Gasteiger partial charge in [-0.15, -0.1) is 0 Å². The normalized spacial score (nSPS) is 23.2. The van der Waals surface area contributed by atoms with Crippen LogP contribution in [0, 0.1) is 6.92 Å². The van der Waals surface area contributed by atoms with E-state index in [1.807, 2.05) is 13.8 Å². The van der Waals surface area contributed by atoms with Crippen molar-refractivity contribution in [2.45, 2.75) is 57.0 Å². The Labute approximate surface area is 178 Å². The SMILES string of the molecule is Cc1ccc(S(=O)(=O)N2CCOCC2)cc1C(=O)OCC(=O)N1C(C)CCCC1C. The summed E-state index contributed by atoms with van der Waals surface area (Å²) in [5, 5.41) is 0. The van der Waals surface area contributed by atoms with Crippen molar-refractivity contribution in [1.82, 2.24) is 9.21 Å². The molecule has 2 fully saturated rings. The molecule has 0 bridgehead atoms. The number of carbonyl (C=O) groups excluding carboxylic acids is 2. The Balaban J connectivity index is 1.71. The van der Waals surface area contributed by atoms with Crippen LogP contribution in [0.3, 0.4) is 0 Å². The molecule has 0 aromatic heterocycles. The van der Waals surface area contributed by atoms with E-state index in [1.54, 1.807) is 17.9 Å². The van der Waals surface area contributed by atoms with E-state index >= 15 is 0 Å². The summed E-state index contributed by atoms with van der Waals surface area (Å²) in [6.45, 7) is 6.59. The predicted molar refractivity (Wildman–Crippen MR) is 111 cm³/mol. The van der Waals surface area contributed by atoms with Crippen molar-refractivity contribution in [3.8, 4) is 0 Å². The monoisotopic (exact) mass is 438 g/mol. The van der Waals surface area contributed by atoms with Gasteiger partial charge in [-0.2, -0.15) is 4.31 Å². The Bertz CT molecular complexity index is 885. The van der Waals surface area contributed by atoms with Crippen molar-refractivity contribution in [2.75, 3.05) is 32.9 Å². The number of likely N-dealkylation sites (tertiary alicyclic amines) is 1. The second-order valence-electron chi connectivity index (χ2n) is 8.00. The van der Waals surface area contributed by atoms with E-state index in [9.17, 15) is 18.0 Å². The molecule has 1 aromatic carbocycles. The molecule has 0 N–H and O–H groups in total. The summed E-state index contributed by atoms with van der Waals surface area (Å²) in [6.07, 6.45) is 2.95. The van der Waals surface area contributed by atoms with Crippen LogP contribution in [-0.4, -0.2) is 74.5 Å². The number of nitrogens with zero attached hydrogens (tertiary/aromatic N) is 2. The lowest BCUT2D eigenvalue weighted by Crippen LogP contribution is -2.49. The van der Waals surface area contributed by atoms with Gasteiger partial charge in [0.05, 0.1) is 23.7 Å². The highest BCUT2D eigenvalue weighted by molar-refractivity contribution is 7.89. The summed E-state index contributed by atoms with van der Waals surface area (Å²) in [4.78, 5) is 27.1. The van der Waals surface area contributed by atoms with Crippen LogP contribution in [0.5, 0.6) is 0 Å². The fraction of sp³-hybridized carbons (Fsp3) is 0.619. The topological polar surface area (TPSA) is 93.2 Å². The fourth-order valence-corrected chi connectivity index (χ4v) is 5.54. The molecule has 2 unspecified atom stereocenters. The average Bonchev–Trinajstić information content (AvgIpc) is 2.72. The van der Waals surface area contributed by atoms with Crippen molar-refractivity contribution >= 4 is 21.9 Å². The van der Waals surface area contributed by atoms with E-state index in [2.05, 4.69) is 0 Å². The number of carbonyl (C=O) groups is 2. The molecular formula is C21H30N2O6S. The first-order chi connectivity index (χ1) is 14.2. The molecule has 1 aromatic rings. The van der Waals surface area contributed by atoms with E-state index in [-0.39, 0.29) is 48.1 Å². The minimum absolute atomic E-state index is 0.0338. The van der Waals surface area contributed by atoms with Crippen LogP contribution in [-0.2, 0) is 24.3 Å². The third-order valence-corrected chi connectivity index (χ3v) is 7.74. The van der Waals surface area contributed by atoms with Gasteiger partial charge in [-0.1, -0.05) is 6.07 Å². The van der Waals surface area contributed by atoms with Crippen LogP contribution in [0.1, 0.15) is 49.0 Å². The molecule has 0 spiro atoms. The Morgan fingerprint density at radius 1 is 1.13 bits per heavy atom. The molecule has 2 atom stereocenters. The van der Waals surface area contributed by atoms with Gasteiger partial charge < -0.3 is 14.4 Å². The summed E-state index contributed by atoms with van der Waals surface area (Å²) in [5.41, 5.74) is 0.741. The maximum absolute atomic E-state index is 12.9. The van der Waals surface area contributed by atoms with Crippen LogP contribution in [0.2, 0.25) is 0 Å². The smallest absolute Gasteiger partial charge is 0.338 e. The predicted octanol–water partition coefficient (Wildman–Crippen LogP) is 1.96. The van der Waals surface area contributed by atoms with Gasteiger partial charge in [0.15, 0.2) is 6.61 Å². The van der Waals surface area contributed by atoms with Crippen LogP contribution in [0.25, 0.3) is 0 Å². The summed E-state index contributed by atoms with van der Waals surface area (Å²) >= 11 is 0. The molecule has 0 saturated carbocycles. The number of hydrogen-bond donors (Lipinski definition) is 0. The van der Waals surface area contributed by atoms with E-state index in [1.165, 1.54) is 16.4 Å². The van der Waals surface area contributed by atoms with Crippen LogP contribution >= 0.6 is 0 Å². The van der Waals surface area contributed by atoms with Gasteiger partial charge >= 0.3 is 5.97 Å². The molecule has 3 rings (SSSR count). The first-order valence-electron chi connectivity index (χ1n) is 10.4. The molecule has 2 aliphatic rings. The Morgan fingerprint density at radius 2 is 1.77 bits per heavy atom. The van der Waals surface area contributed by atoms with Crippen molar-refractivity contribution in [2.24, 2.45) is 0 Å². The Morgan fingerprint density at radius 3 is 2.40 bits per heavy atom. The fourth-order valence-electron chi connectivity index (χ4n) is 4.11. The molecule has 30 heavy (non-hydrogen) atoms. The maximum atomic E-state index is 12.9. The summed E-state index contributed by atoms with van der Waals surface area (Å²) in [6, 6.07) is 4.63. The highest BCUT2D eigenvalue weighted by atomic mass is 32.2.